The molecule has 0 saturated carbocycles. The monoisotopic (exact) mass is 428 g/mol. The molecule has 2 unspecified atom stereocenters. The molecule has 31 heavy (non-hydrogen) atoms. The molecule has 2 aromatic carbocycles. The van der Waals surface area contributed by atoms with E-state index < -0.39 is 29.4 Å². The minimum Gasteiger partial charge on any atom is -0.445 e. The van der Waals surface area contributed by atoms with Crippen molar-refractivity contribution in [1.82, 2.24) is 4.90 Å². The van der Waals surface area contributed by atoms with Gasteiger partial charge in [-0.1, -0.05) is 42.5 Å². The Morgan fingerprint density at radius 2 is 1.97 bits per heavy atom. The summed E-state index contributed by atoms with van der Waals surface area (Å²) in [6.07, 6.45) is -3.02. The van der Waals surface area contributed by atoms with E-state index in [1.54, 1.807) is 17.0 Å². The number of nitriles is 1. The zero-order valence-electron chi connectivity index (χ0n) is 16.4. The fourth-order valence-electron chi connectivity index (χ4n) is 3.96. The highest BCUT2D eigenvalue weighted by atomic mass is 19.4. The second-order valence-corrected chi connectivity index (χ2v) is 7.47. The van der Waals surface area contributed by atoms with Crippen LogP contribution in [-0.2, 0) is 22.3 Å². The lowest BCUT2D eigenvalue weighted by molar-refractivity contribution is -0.137. The van der Waals surface area contributed by atoms with Gasteiger partial charge in [-0.15, -0.1) is 0 Å². The van der Waals surface area contributed by atoms with Gasteiger partial charge in [0.2, 0.25) is 0 Å². The predicted octanol–water partition coefficient (Wildman–Crippen LogP) is 4.77. The summed E-state index contributed by atoms with van der Waals surface area (Å²) in [7, 11) is 0. The first-order valence-corrected chi connectivity index (χ1v) is 9.76. The highest BCUT2D eigenvalue weighted by Crippen LogP contribution is 2.37. The normalized spacial score (nSPS) is 20.6. The molecule has 2 heterocycles. The molecule has 4 rings (SSSR count). The minimum absolute atomic E-state index is 0.137. The van der Waals surface area contributed by atoms with Crippen LogP contribution < -0.4 is 0 Å². The lowest BCUT2D eigenvalue weighted by atomic mass is 9.88. The van der Waals surface area contributed by atoms with E-state index in [9.17, 15) is 18.0 Å². The summed E-state index contributed by atoms with van der Waals surface area (Å²) in [5.74, 6) is 0. The van der Waals surface area contributed by atoms with Crippen molar-refractivity contribution in [3.8, 4) is 6.07 Å². The van der Waals surface area contributed by atoms with E-state index in [2.05, 4.69) is 0 Å². The summed E-state index contributed by atoms with van der Waals surface area (Å²) in [6.45, 7) is 0.650. The molecule has 0 aromatic heterocycles. The molecule has 8 heteroatoms. The Bertz CT molecular complexity index is 1040. The average molecular weight is 428 g/mol. The van der Waals surface area contributed by atoms with Gasteiger partial charge in [0.1, 0.15) is 6.61 Å². The van der Waals surface area contributed by atoms with Crippen LogP contribution in [0.1, 0.15) is 28.7 Å². The number of carbonyl (C=O) groups is 1. The summed E-state index contributed by atoms with van der Waals surface area (Å²) in [5.41, 5.74) is 0.575. The van der Waals surface area contributed by atoms with Crippen molar-refractivity contribution in [2.45, 2.75) is 31.3 Å². The maximum Gasteiger partial charge on any atom is 0.417 e. The molecule has 2 aliphatic rings. The summed E-state index contributed by atoms with van der Waals surface area (Å²) < 4.78 is 51.1. The van der Waals surface area contributed by atoms with Crippen LogP contribution in [0.25, 0.3) is 5.57 Å². The first-order chi connectivity index (χ1) is 14.9. The van der Waals surface area contributed by atoms with Crippen molar-refractivity contribution in [1.29, 1.82) is 5.26 Å². The van der Waals surface area contributed by atoms with Crippen LogP contribution in [0.2, 0.25) is 0 Å². The Kier molecular flexibility index (Phi) is 5.70. The first kappa shape index (κ1) is 20.9. The number of nitrogens with zero attached hydrogens (tertiary/aromatic N) is 2. The van der Waals surface area contributed by atoms with Crippen LogP contribution in [0.4, 0.5) is 18.0 Å². The molecule has 0 N–H and O–H groups in total. The van der Waals surface area contributed by atoms with Crippen molar-refractivity contribution in [2.24, 2.45) is 0 Å². The summed E-state index contributed by atoms with van der Waals surface area (Å²) in [5, 5.41) is 9.00. The quantitative estimate of drug-likeness (QED) is 0.707. The van der Waals surface area contributed by atoms with E-state index in [0.29, 0.717) is 17.6 Å². The Hall–Kier alpha value is -3.31. The summed E-state index contributed by atoms with van der Waals surface area (Å²) in [4.78, 5) is 14.3. The van der Waals surface area contributed by atoms with Gasteiger partial charge in [0, 0.05) is 0 Å². The fourth-order valence-corrected chi connectivity index (χ4v) is 3.96. The van der Waals surface area contributed by atoms with Crippen LogP contribution >= 0.6 is 0 Å². The predicted molar refractivity (Wildman–Crippen MR) is 106 cm³/mol. The number of benzene rings is 2. The Labute approximate surface area is 177 Å². The van der Waals surface area contributed by atoms with Gasteiger partial charge in [0.15, 0.2) is 0 Å². The standard InChI is InChI=1S/C23H19F3N2O3/c24-23(25,26)21-10-16(6-7-17(21)11-27)18-8-19-13-30-14-20(9-18)28(19)22(29)31-12-15-4-2-1-3-5-15/h1-8,10,19-20H,9,12-14H2. The molecule has 0 radical (unpaired) electrons. The zero-order chi connectivity index (χ0) is 22.0. The topological polar surface area (TPSA) is 62.6 Å². The molecule has 2 bridgehead atoms. The van der Waals surface area contributed by atoms with Crippen LogP contribution in [0.3, 0.4) is 0 Å². The number of morpholine rings is 1. The smallest absolute Gasteiger partial charge is 0.417 e. The molecule has 2 atom stereocenters. The fraction of sp³-hybridized carbons (Fsp3) is 0.304. The molecular formula is C23H19F3N2O3. The van der Waals surface area contributed by atoms with Crippen LogP contribution in [-0.4, -0.2) is 36.3 Å². The number of hydrogen-bond acceptors (Lipinski definition) is 4. The highest BCUT2D eigenvalue weighted by Gasteiger charge is 2.40. The third-order valence-electron chi connectivity index (χ3n) is 5.43. The van der Waals surface area contributed by atoms with Gasteiger partial charge in [-0.25, -0.2) is 4.79 Å². The summed E-state index contributed by atoms with van der Waals surface area (Å²) in [6, 6.07) is 13.8. The first-order valence-electron chi connectivity index (χ1n) is 9.76. The van der Waals surface area contributed by atoms with Gasteiger partial charge in [-0.3, -0.25) is 4.90 Å². The van der Waals surface area contributed by atoms with Gasteiger partial charge in [0.25, 0.3) is 0 Å². The van der Waals surface area contributed by atoms with Crippen LogP contribution in [0.5, 0.6) is 0 Å². The lowest BCUT2D eigenvalue weighted by Gasteiger charge is -2.43. The second kappa shape index (κ2) is 8.44. The number of carbonyl (C=O) groups excluding carboxylic acids is 1. The van der Waals surface area contributed by atoms with Crippen molar-refractivity contribution in [3.05, 3.63) is 76.9 Å². The van der Waals surface area contributed by atoms with E-state index in [1.807, 2.05) is 30.3 Å². The van der Waals surface area contributed by atoms with Gasteiger partial charge in [-0.2, -0.15) is 18.4 Å². The Morgan fingerprint density at radius 3 is 2.65 bits per heavy atom. The highest BCUT2D eigenvalue weighted by molar-refractivity contribution is 5.75. The number of ether oxygens (including phenoxy) is 2. The SMILES string of the molecule is N#Cc1ccc(C2=CC3COCC(C2)N3C(=O)OCc2ccccc2)cc1C(F)(F)F. The molecule has 2 aliphatic heterocycles. The van der Waals surface area contributed by atoms with Crippen LogP contribution in [0.15, 0.2) is 54.6 Å². The van der Waals surface area contributed by atoms with Gasteiger partial charge < -0.3 is 9.47 Å². The van der Waals surface area contributed by atoms with Gasteiger partial charge in [-0.05, 0) is 35.3 Å². The third kappa shape index (κ3) is 4.42. The van der Waals surface area contributed by atoms with Crippen molar-refractivity contribution < 1.29 is 27.4 Å². The number of amides is 1. The van der Waals surface area contributed by atoms with E-state index >= 15 is 0 Å². The number of alkyl halides is 3. The molecule has 0 aliphatic carbocycles. The van der Waals surface area contributed by atoms with Crippen molar-refractivity contribution in [3.63, 3.8) is 0 Å². The van der Waals surface area contributed by atoms with E-state index in [4.69, 9.17) is 14.7 Å². The average Bonchev–Trinajstić information content (AvgIpc) is 2.76. The Balaban J connectivity index is 1.56. The molecule has 160 valence electrons. The zero-order valence-corrected chi connectivity index (χ0v) is 16.4. The minimum atomic E-state index is -4.62. The van der Waals surface area contributed by atoms with Crippen molar-refractivity contribution in [2.75, 3.05) is 13.2 Å². The molecule has 1 saturated heterocycles. The number of fused-ring (bicyclic) bond motifs is 2. The van der Waals surface area contributed by atoms with E-state index in [-0.39, 0.29) is 25.9 Å². The van der Waals surface area contributed by atoms with E-state index in [1.165, 1.54) is 12.1 Å². The second-order valence-electron chi connectivity index (χ2n) is 7.47. The van der Waals surface area contributed by atoms with Gasteiger partial charge in [0.05, 0.1) is 42.5 Å². The molecule has 1 fully saturated rings. The maximum atomic E-state index is 13.3. The van der Waals surface area contributed by atoms with Crippen molar-refractivity contribution >= 4 is 11.7 Å². The molecule has 2 aromatic rings. The molecule has 5 nitrogen and oxygen atoms in total. The lowest BCUT2D eigenvalue weighted by Crippen LogP contribution is -2.56. The number of halogens is 3. The van der Waals surface area contributed by atoms with Gasteiger partial charge >= 0.3 is 12.3 Å². The maximum absolute atomic E-state index is 13.3. The molecule has 0 spiro atoms. The van der Waals surface area contributed by atoms with E-state index in [0.717, 1.165) is 11.6 Å². The summed E-state index contributed by atoms with van der Waals surface area (Å²) >= 11 is 0. The number of hydrogen-bond donors (Lipinski definition) is 0. The van der Waals surface area contributed by atoms with Crippen LogP contribution in [0, 0.1) is 11.3 Å². The third-order valence-corrected chi connectivity index (χ3v) is 5.43. The molecule has 1 amide bonds. The molecular weight excluding hydrogens is 409 g/mol. The number of rotatable bonds is 3. The largest absolute Gasteiger partial charge is 0.445 e. The Morgan fingerprint density at radius 1 is 1.19 bits per heavy atom.